The van der Waals surface area contributed by atoms with Gasteiger partial charge in [0.05, 0.1) is 37.6 Å². The number of sulfonamides is 1. The number of thiophene rings is 1. The Bertz CT molecular complexity index is 846. The van der Waals surface area contributed by atoms with Crippen LogP contribution in [0.3, 0.4) is 0 Å². The fourth-order valence-corrected chi connectivity index (χ4v) is 3.93. The highest BCUT2D eigenvalue weighted by atomic mass is 32.2. The molecule has 1 heterocycles. The molecule has 0 aliphatic carbocycles. The molecule has 0 aliphatic heterocycles. The largest absolute Gasteiger partial charge is 0.465 e. The minimum absolute atomic E-state index is 0.0899. The van der Waals surface area contributed by atoms with E-state index in [9.17, 15) is 18.0 Å². The lowest BCUT2D eigenvalue weighted by molar-refractivity contribution is -0.120. The first-order chi connectivity index (χ1) is 12.3. The van der Waals surface area contributed by atoms with Gasteiger partial charge in [-0.2, -0.15) is 0 Å². The fraction of sp³-hybridized carbons (Fsp3) is 0.294. The summed E-state index contributed by atoms with van der Waals surface area (Å²) >= 11 is 1.49. The highest BCUT2D eigenvalue weighted by Crippen LogP contribution is 2.18. The van der Waals surface area contributed by atoms with Gasteiger partial charge >= 0.3 is 5.97 Å². The van der Waals surface area contributed by atoms with Crippen molar-refractivity contribution in [1.29, 1.82) is 0 Å². The van der Waals surface area contributed by atoms with Crippen LogP contribution in [0.5, 0.6) is 0 Å². The number of hydrogen-bond acceptors (Lipinski definition) is 6. The van der Waals surface area contributed by atoms with Crippen LogP contribution in [0.4, 0.5) is 5.69 Å². The van der Waals surface area contributed by atoms with Gasteiger partial charge in [0.1, 0.15) is 0 Å². The van der Waals surface area contributed by atoms with Crippen molar-refractivity contribution in [2.75, 3.05) is 30.8 Å². The number of esters is 1. The lowest BCUT2D eigenvalue weighted by Gasteiger charge is -2.22. The first kappa shape index (κ1) is 19.9. The van der Waals surface area contributed by atoms with Gasteiger partial charge < -0.3 is 10.1 Å². The first-order valence-electron chi connectivity index (χ1n) is 7.76. The Morgan fingerprint density at radius 3 is 2.42 bits per heavy atom. The van der Waals surface area contributed by atoms with Gasteiger partial charge in [-0.1, -0.05) is 6.07 Å². The van der Waals surface area contributed by atoms with E-state index in [0.717, 1.165) is 11.1 Å². The molecule has 0 bridgehead atoms. The number of anilines is 1. The van der Waals surface area contributed by atoms with Crippen LogP contribution in [0.1, 0.15) is 15.2 Å². The summed E-state index contributed by atoms with van der Waals surface area (Å²) in [5, 5.41) is 4.61. The third-order valence-corrected chi connectivity index (χ3v) is 5.60. The first-order valence-corrected chi connectivity index (χ1v) is 10.5. The zero-order valence-electron chi connectivity index (χ0n) is 14.5. The van der Waals surface area contributed by atoms with Crippen molar-refractivity contribution < 1.29 is 22.7 Å². The van der Waals surface area contributed by atoms with Gasteiger partial charge in [-0.25, -0.2) is 13.2 Å². The van der Waals surface area contributed by atoms with Gasteiger partial charge in [0.15, 0.2) is 0 Å². The van der Waals surface area contributed by atoms with Crippen LogP contribution in [0.2, 0.25) is 0 Å². The lowest BCUT2D eigenvalue weighted by atomic mass is 10.2. The van der Waals surface area contributed by atoms with E-state index in [1.165, 1.54) is 47.0 Å². The molecule has 0 aliphatic rings. The normalized spacial score (nSPS) is 11.0. The number of carbonyl (C=O) groups excluding carboxylic acids is 2. The molecular formula is C17H20N2O5S2. The highest BCUT2D eigenvalue weighted by molar-refractivity contribution is 7.92. The number of nitrogens with zero attached hydrogens (tertiary/aromatic N) is 1. The Hall–Kier alpha value is -2.39. The summed E-state index contributed by atoms with van der Waals surface area (Å²) in [5.41, 5.74) is 0.738. The molecule has 1 aromatic carbocycles. The third-order valence-electron chi connectivity index (χ3n) is 3.53. The molecule has 0 radical (unpaired) electrons. The fourth-order valence-electron chi connectivity index (χ4n) is 2.30. The molecule has 0 fully saturated rings. The third kappa shape index (κ3) is 5.57. The van der Waals surface area contributed by atoms with Crippen molar-refractivity contribution in [1.82, 2.24) is 5.32 Å². The average molecular weight is 396 g/mol. The molecule has 7 nitrogen and oxygen atoms in total. The minimum Gasteiger partial charge on any atom is -0.465 e. The molecule has 0 saturated heterocycles. The number of amides is 1. The molecule has 2 aromatic rings. The molecule has 2 rings (SSSR count). The van der Waals surface area contributed by atoms with Gasteiger partial charge in [0.2, 0.25) is 15.9 Å². The maximum absolute atomic E-state index is 12.1. The van der Waals surface area contributed by atoms with Crippen molar-refractivity contribution in [3.05, 3.63) is 52.2 Å². The molecule has 26 heavy (non-hydrogen) atoms. The molecule has 140 valence electrons. The monoisotopic (exact) mass is 396 g/mol. The van der Waals surface area contributed by atoms with Crippen LogP contribution in [-0.2, 0) is 26.0 Å². The van der Waals surface area contributed by atoms with E-state index < -0.39 is 16.0 Å². The van der Waals surface area contributed by atoms with Crippen molar-refractivity contribution in [3.63, 3.8) is 0 Å². The Kier molecular flexibility index (Phi) is 6.76. The van der Waals surface area contributed by atoms with E-state index in [4.69, 9.17) is 0 Å². The van der Waals surface area contributed by atoms with Crippen LogP contribution >= 0.6 is 11.3 Å². The van der Waals surface area contributed by atoms with E-state index in [1.807, 2.05) is 17.5 Å². The Morgan fingerprint density at radius 1 is 1.19 bits per heavy atom. The molecule has 1 N–H and O–H groups in total. The Balaban J connectivity index is 1.99. The number of nitrogens with one attached hydrogen (secondary N) is 1. The van der Waals surface area contributed by atoms with E-state index in [2.05, 4.69) is 10.1 Å². The molecule has 9 heteroatoms. The zero-order chi connectivity index (χ0) is 19.2. The second-order valence-corrected chi connectivity index (χ2v) is 8.42. The number of rotatable bonds is 8. The molecule has 0 atom stereocenters. The van der Waals surface area contributed by atoms with E-state index in [0.29, 0.717) is 11.3 Å². The van der Waals surface area contributed by atoms with Crippen molar-refractivity contribution in [2.45, 2.75) is 6.42 Å². The van der Waals surface area contributed by atoms with Crippen LogP contribution in [0.15, 0.2) is 41.8 Å². The number of ether oxygens (including phenoxy) is 1. The molecule has 0 saturated carbocycles. The standard InChI is InChI=1S/C17H20N2O5S2/c1-24-17(21)13-5-7-14(8-6-13)19(26(2,22)23)10-9-18-16(20)12-15-4-3-11-25-15/h3-8,11H,9-10,12H2,1-2H3,(H,18,20). The van der Waals surface area contributed by atoms with Crippen LogP contribution in [0, 0.1) is 0 Å². The second kappa shape index (κ2) is 8.81. The molecule has 0 unspecified atom stereocenters. The summed E-state index contributed by atoms with van der Waals surface area (Å²) in [7, 11) is -2.26. The van der Waals surface area contributed by atoms with Crippen molar-refractivity contribution in [3.8, 4) is 0 Å². The number of benzene rings is 1. The minimum atomic E-state index is -3.54. The summed E-state index contributed by atoms with van der Waals surface area (Å²) in [5.74, 6) is -0.662. The zero-order valence-corrected chi connectivity index (χ0v) is 16.1. The number of methoxy groups -OCH3 is 1. The maximum Gasteiger partial charge on any atom is 0.337 e. The summed E-state index contributed by atoms with van der Waals surface area (Å²) in [6.45, 7) is 0.266. The summed E-state index contributed by atoms with van der Waals surface area (Å²) in [6, 6.07) is 9.79. The van der Waals surface area contributed by atoms with E-state index in [1.54, 1.807) is 0 Å². The van der Waals surface area contributed by atoms with E-state index in [-0.39, 0.29) is 25.4 Å². The molecule has 1 aromatic heterocycles. The van der Waals surface area contributed by atoms with Crippen LogP contribution < -0.4 is 9.62 Å². The summed E-state index contributed by atoms with van der Waals surface area (Å²) in [6.07, 6.45) is 1.36. The maximum atomic E-state index is 12.1. The van der Waals surface area contributed by atoms with Gasteiger partial charge in [0, 0.05) is 11.4 Å². The molecule has 1 amide bonds. The van der Waals surface area contributed by atoms with Crippen molar-refractivity contribution >= 4 is 38.9 Å². The van der Waals surface area contributed by atoms with Crippen LogP contribution in [0.25, 0.3) is 0 Å². The number of carbonyl (C=O) groups is 2. The average Bonchev–Trinajstić information content (AvgIpc) is 3.10. The highest BCUT2D eigenvalue weighted by Gasteiger charge is 2.18. The van der Waals surface area contributed by atoms with E-state index >= 15 is 0 Å². The predicted molar refractivity (Wildman–Crippen MR) is 101 cm³/mol. The smallest absolute Gasteiger partial charge is 0.337 e. The Morgan fingerprint density at radius 2 is 1.88 bits per heavy atom. The molecule has 0 spiro atoms. The van der Waals surface area contributed by atoms with Gasteiger partial charge in [-0.3, -0.25) is 9.10 Å². The van der Waals surface area contributed by atoms with Gasteiger partial charge in [-0.15, -0.1) is 11.3 Å². The quantitative estimate of drug-likeness (QED) is 0.685. The molecular weight excluding hydrogens is 376 g/mol. The van der Waals surface area contributed by atoms with Crippen LogP contribution in [-0.4, -0.2) is 46.7 Å². The SMILES string of the molecule is COC(=O)c1ccc(N(CCNC(=O)Cc2cccs2)S(C)(=O)=O)cc1. The summed E-state index contributed by atoms with van der Waals surface area (Å²) < 4.78 is 29.9. The topological polar surface area (TPSA) is 92.8 Å². The number of hydrogen-bond donors (Lipinski definition) is 1. The van der Waals surface area contributed by atoms with Gasteiger partial charge in [-0.05, 0) is 35.7 Å². The lowest BCUT2D eigenvalue weighted by Crippen LogP contribution is -2.38. The Labute approximate surface area is 156 Å². The predicted octanol–water partition coefficient (Wildman–Crippen LogP) is 1.66. The van der Waals surface area contributed by atoms with Gasteiger partial charge in [0.25, 0.3) is 0 Å². The van der Waals surface area contributed by atoms with Crippen molar-refractivity contribution in [2.24, 2.45) is 0 Å². The summed E-state index contributed by atoms with van der Waals surface area (Å²) in [4.78, 5) is 24.3. The second-order valence-electron chi connectivity index (χ2n) is 5.48.